The van der Waals surface area contributed by atoms with Gasteiger partial charge in [-0.1, -0.05) is 55.3 Å². The molecule has 4 rings (SSSR count). The number of fused-ring (bicyclic) bond motifs is 1. The van der Waals surface area contributed by atoms with Crippen LogP contribution in [0.15, 0.2) is 54.6 Å². The molecule has 0 radical (unpaired) electrons. The predicted molar refractivity (Wildman–Crippen MR) is 220 cm³/mol. The highest BCUT2D eigenvalue weighted by atomic mass is 33.1. The molecule has 6 N–H and O–H groups in total. The molecule has 17 heteroatoms. The van der Waals surface area contributed by atoms with Gasteiger partial charge in [0.1, 0.15) is 6.04 Å². The molecule has 0 saturated carbocycles. The van der Waals surface area contributed by atoms with E-state index in [2.05, 4.69) is 31.9 Å². The lowest BCUT2D eigenvalue weighted by molar-refractivity contribution is -0.123. The van der Waals surface area contributed by atoms with Crippen LogP contribution in [0.5, 0.6) is 0 Å². The molecule has 0 bridgehead atoms. The first-order valence-electron chi connectivity index (χ1n) is 19.2. The number of carbonyl (C=O) groups is 6. The summed E-state index contributed by atoms with van der Waals surface area (Å²) in [4.78, 5) is 75.1. The summed E-state index contributed by atoms with van der Waals surface area (Å²) in [6, 6.07) is 14.4. The van der Waals surface area contributed by atoms with Crippen molar-refractivity contribution in [3.05, 3.63) is 71.3 Å². The van der Waals surface area contributed by atoms with Crippen molar-refractivity contribution in [3.8, 4) is 0 Å². The molecule has 306 valence electrons. The normalized spacial score (nSPS) is 17.9. The summed E-state index contributed by atoms with van der Waals surface area (Å²) in [5, 5.41) is 17.7. The van der Waals surface area contributed by atoms with Crippen LogP contribution >= 0.6 is 22.6 Å². The molecule has 2 aliphatic heterocycles. The molecule has 2 aliphatic rings. The van der Waals surface area contributed by atoms with Gasteiger partial charge in [0.15, 0.2) is 14.7 Å². The number of hydrogen-bond acceptors (Lipinski definition) is 10. The van der Waals surface area contributed by atoms with Crippen molar-refractivity contribution >= 4 is 66.9 Å². The van der Waals surface area contributed by atoms with E-state index in [-0.39, 0.29) is 53.6 Å². The molecule has 6 amide bonds. The highest BCUT2D eigenvalue weighted by Crippen LogP contribution is 2.33. The Morgan fingerprint density at radius 1 is 0.768 bits per heavy atom. The lowest BCUT2D eigenvalue weighted by Crippen LogP contribution is -2.47. The minimum absolute atomic E-state index is 0.0339. The Labute approximate surface area is 337 Å². The van der Waals surface area contributed by atoms with Crippen LogP contribution in [0.2, 0.25) is 0 Å². The van der Waals surface area contributed by atoms with E-state index in [1.54, 1.807) is 36.4 Å². The van der Waals surface area contributed by atoms with Gasteiger partial charge >= 0.3 is 6.03 Å². The van der Waals surface area contributed by atoms with Crippen molar-refractivity contribution in [3.63, 3.8) is 0 Å². The van der Waals surface area contributed by atoms with Gasteiger partial charge in [-0.15, -0.1) is 0 Å². The number of rotatable bonds is 25. The van der Waals surface area contributed by atoms with Crippen LogP contribution in [0.3, 0.4) is 0 Å². The van der Waals surface area contributed by atoms with Gasteiger partial charge < -0.3 is 31.9 Å². The van der Waals surface area contributed by atoms with Crippen molar-refractivity contribution in [2.45, 2.75) is 94.0 Å². The summed E-state index contributed by atoms with van der Waals surface area (Å²) < 4.78 is 22.9. The summed E-state index contributed by atoms with van der Waals surface area (Å²) in [6.07, 6.45) is 8.35. The van der Waals surface area contributed by atoms with E-state index in [1.807, 2.05) is 17.8 Å². The van der Waals surface area contributed by atoms with E-state index in [0.717, 1.165) is 54.9 Å². The molecule has 2 saturated heterocycles. The number of unbranched alkanes of at least 4 members (excludes halogenated alkanes) is 4. The molecule has 56 heavy (non-hydrogen) atoms. The highest BCUT2D eigenvalue weighted by molar-refractivity contribution is 8.71. The van der Waals surface area contributed by atoms with E-state index >= 15 is 0 Å². The first kappa shape index (κ1) is 44.6. The van der Waals surface area contributed by atoms with Gasteiger partial charge in [0.25, 0.3) is 5.91 Å². The molecule has 2 fully saturated rings. The van der Waals surface area contributed by atoms with Gasteiger partial charge in [0.05, 0.1) is 12.1 Å². The third-order valence-electron chi connectivity index (χ3n) is 9.49. The van der Waals surface area contributed by atoms with Gasteiger partial charge in [-0.2, -0.15) is 11.8 Å². The number of urea groups is 1. The number of amides is 6. The number of thioether (sulfide) groups is 1. The van der Waals surface area contributed by atoms with Gasteiger partial charge in [0.2, 0.25) is 17.7 Å². The molecule has 4 unspecified atom stereocenters. The first-order chi connectivity index (χ1) is 26.9. The fourth-order valence-electron chi connectivity index (χ4n) is 6.50. The van der Waals surface area contributed by atoms with Crippen LogP contribution < -0.4 is 31.9 Å². The highest BCUT2D eigenvalue weighted by Gasteiger charge is 2.42. The summed E-state index contributed by atoms with van der Waals surface area (Å²) >= 11 is 1.88. The maximum absolute atomic E-state index is 13.1. The summed E-state index contributed by atoms with van der Waals surface area (Å²) in [7, 11) is -2.54. The van der Waals surface area contributed by atoms with E-state index in [0.29, 0.717) is 68.0 Å². The zero-order valence-electron chi connectivity index (χ0n) is 31.8. The minimum Gasteiger partial charge on any atom is -0.356 e. The number of benzene rings is 2. The maximum Gasteiger partial charge on any atom is 0.315 e. The summed E-state index contributed by atoms with van der Waals surface area (Å²) in [5.74, 6) is -0.0634. The Morgan fingerprint density at radius 2 is 1.39 bits per heavy atom. The SMILES string of the molecule is CS(=O)(=O)SCCNC(=O)C(CCCCNC(=O)CCCCCNC(=O)CCCCC1SCC2NC(=O)NC21)NC(=O)c1ccc(C(=O)c2ccccc2)cc1. The molecular weight excluding hydrogens is 777 g/mol. The Kier molecular flexibility index (Phi) is 18.5. The van der Waals surface area contributed by atoms with E-state index < -0.39 is 26.7 Å². The number of hydrogen-bond donors (Lipinski definition) is 6. The summed E-state index contributed by atoms with van der Waals surface area (Å²) in [5.41, 5.74) is 1.23. The van der Waals surface area contributed by atoms with Crippen LogP contribution in [0.1, 0.15) is 96.9 Å². The van der Waals surface area contributed by atoms with Crippen molar-refractivity contribution in [1.29, 1.82) is 0 Å². The average Bonchev–Trinajstić information content (AvgIpc) is 3.74. The van der Waals surface area contributed by atoms with Crippen LogP contribution in [0, 0.1) is 0 Å². The summed E-state index contributed by atoms with van der Waals surface area (Å²) in [6.45, 7) is 1.08. The van der Waals surface area contributed by atoms with Gasteiger partial charge in [-0.05, 0) is 67.9 Å². The smallest absolute Gasteiger partial charge is 0.315 e. The molecule has 0 aromatic heterocycles. The molecule has 2 aromatic rings. The Balaban J connectivity index is 1.08. The molecule has 2 heterocycles. The van der Waals surface area contributed by atoms with Crippen molar-refractivity contribution in [1.82, 2.24) is 31.9 Å². The van der Waals surface area contributed by atoms with Crippen molar-refractivity contribution in [2.75, 3.05) is 37.4 Å². The molecule has 4 atom stereocenters. The van der Waals surface area contributed by atoms with Crippen LogP contribution in [0.4, 0.5) is 4.79 Å². The molecular formula is C39H54N6O8S3. The Bertz CT molecular complexity index is 1750. The average molecular weight is 831 g/mol. The Hall–Kier alpha value is -4.09. The predicted octanol–water partition coefficient (Wildman–Crippen LogP) is 3.51. The quantitative estimate of drug-likeness (QED) is 0.0372. The molecule has 0 spiro atoms. The minimum atomic E-state index is -3.26. The second-order valence-electron chi connectivity index (χ2n) is 14.0. The second kappa shape index (κ2) is 23.2. The zero-order valence-corrected chi connectivity index (χ0v) is 34.3. The second-order valence-corrected chi connectivity index (χ2v) is 19.8. The number of carbonyl (C=O) groups excluding carboxylic acids is 6. The fraction of sp³-hybridized carbons (Fsp3) is 0.538. The van der Waals surface area contributed by atoms with Crippen molar-refractivity contribution < 1.29 is 37.2 Å². The maximum atomic E-state index is 13.1. The third kappa shape index (κ3) is 15.8. The standard InChI is InChI=1S/C39H54N6O8S3/c1-56(52,53)55-25-24-42-38(50)30(43-37(49)29-20-18-28(19-21-29)36(48)27-12-4-2-5-13-27)14-9-11-23-41-33(46)16-6-3-10-22-40-34(47)17-8-7-15-32-35-31(26-54-32)44-39(51)45-35/h2,4-5,12-13,18-21,30-32,35H,3,6-11,14-17,22-26H2,1H3,(H,40,47)(H,41,46)(H,42,50)(H,43,49)(H2,44,45,51). The number of ketones is 1. The zero-order chi connectivity index (χ0) is 40.3. The van der Waals surface area contributed by atoms with Crippen molar-refractivity contribution in [2.24, 2.45) is 0 Å². The first-order valence-corrected chi connectivity index (χ1v) is 23.7. The third-order valence-corrected chi connectivity index (χ3v) is 13.6. The molecule has 0 aliphatic carbocycles. The lowest BCUT2D eigenvalue weighted by Gasteiger charge is -2.19. The Morgan fingerprint density at radius 3 is 2.07 bits per heavy atom. The van der Waals surface area contributed by atoms with E-state index in [4.69, 9.17) is 0 Å². The molecule has 14 nitrogen and oxygen atoms in total. The fourth-order valence-corrected chi connectivity index (χ4v) is 9.69. The van der Waals surface area contributed by atoms with E-state index in [9.17, 15) is 37.2 Å². The van der Waals surface area contributed by atoms with Gasteiger partial charge in [-0.25, -0.2) is 13.2 Å². The van der Waals surface area contributed by atoms with E-state index in [1.165, 1.54) is 12.1 Å². The van der Waals surface area contributed by atoms with Gasteiger partial charge in [0, 0.05) is 72.2 Å². The monoisotopic (exact) mass is 830 g/mol. The molecule has 2 aromatic carbocycles. The largest absolute Gasteiger partial charge is 0.356 e. The van der Waals surface area contributed by atoms with Crippen LogP contribution in [-0.4, -0.2) is 105 Å². The topological polar surface area (TPSA) is 209 Å². The van der Waals surface area contributed by atoms with Crippen LogP contribution in [0.25, 0.3) is 0 Å². The van der Waals surface area contributed by atoms with Crippen LogP contribution in [-0.2, 0) is 23.3 Å². The number of nitrogens with one attached hydrogen (secondary N) is 6. The lowest BCUT2D eigenvalue weighted by atomic mass is 10.0. The van der Waals surface area contributed by atoms with Gasteiger partial charge in [-0.3, -0.25) is 24.0 Å².